The predicted octanol–water partition coefficient (Wildman–Crippen LogP) is 12.8. The second kappa shape index (κ2) is 40.8. The molecule has 9 nitrogen and oxygen atoms in total. The molecule has 0 aliphatic rings. The van der Waals surface area contributed by atoms with Gasteiger partial charge in [0, 0.05) is 12.8 Å². The van der Waals surface area contributed by atoms with Gasteiger partial charge in [0.2, 0.25) is 0 Å². The number of phosphoric ester groups is 1. The van der Waals surface area contributed by atoms with E-state index in [1.54, 1.807) is 0 Å². The topological polar surface area (TPSA) is 111 Å². The number of likely N-dealkylation sites (N-methyl/N-ethyl adjacent to an activating group) is 1. The van der Waals surface area contributed by atoms with Gasteiger partial charge in [-0.25, -0.2) is 0 Å². The zero-order valence-corrected chi connectivity index (χ0v) is 39.1. The van der Waals surface area contributed by atoms with E-state index in [4.69, 9.17) is 18.5 Å². The van der Waals surface area contributed by atoms with Crippen molar-refractivity contribution in [3.8, 4) is 0 Å². The Labute approximate surface area is 361 Å². The van der Waals surface area contributed by atoms with Crippen molar-refractivity contribution < 1.29 is 42.1 Å². The van der Waals surface area contributed by atoms with E-state index in [0.717, 1.165) is 96.3 Å². The molecule has 0 radical (unpaired) electrons. The van der Waals surface area contributed by atoms with Gasteiger partial charge < -0.3 is 27.9 Å². The number of esters is 2. The number of phosphoric acid groups is 1. The van der Waals surface area contributed by atoms with Crippen LogP contribution in [0.4, 0.5) is 0 Å². The Bertz CT molecular complexity index is 1230. The van der Waals surface area contributed by atoms with Crippen molar-refractivity contribution in [1.29, 1.82) is 0 Å². The Morgan fingerprint density at radius 3 is 1.44 bits per heavy atom. The first-order chi connectivity index (χ1) is 28.5. The first kappa shape index (κ1) is 56.5. The van der Waals surface area contributed by atoms with Crippen molar-refractivity contribution in [2.45, 2.75) is 180 Å². The molecule has 2 unspecified atom stereocenters. The number of unbranched alkanes of at least 4 members (excludes halogenated alkanes) is 15. The van der Waals surface area contributed by atoms with E-state index >= 15 is 0 Å². The summed E-state index contributed by atoms with van der Waals surface area (Å²) in [6, 6.07) is 0. The Kier molecular flexibility index (Phi) is 39.1. The standard InChI is InChI=1S/C49H86NO8P/c1-6-8-10-12-14-16-18-20-22-23-24-25-26-27-28-30-32-34-36-38-40-42-49(52)58-47(46-57-59(53,54)56-44-43-50(3,4)5)45-55-48(51)41-39-37-35-33-31-29-21-19-17-15-13-11-9-7-2/h8,10,13-16,19-22,24-25,47H,6-7,9,11-12,17-18,23,26-46H2,1-5H3/b10-8-,15-13-,16-14-,21-19-,22-20-,25-24-. The minimum absolute atomic E-state index is 0.0385. The number of rotatable bonds is 41. The summed E-state index contributed by atoms with van der Waals surface area (Å²) in [4.78, 5) is 37.6. The molecule has 0 saturated carbocycles. The number of ether oxygens (including phenoxy) is 2. The van der Waals surface area contributed by atoms with Gasteiger partial charge in [0.05, 0.1) is 27.7 Å². The molecule has 0 bridgehead atoms. The molecule has 0 aliphatic carbocycles. The minimum Gasteiger partial charge on any atom is -0.756 e. The van der Waals surface area contributed by atoms with E-state index in [1.165, 1.54) is 38.5 Å². The monoisotopic (exact) mass is 848 g/mol. The molecule has 0 saturated heterocycles. The van der Waals surface area contributed by atoms with E-state index in [2.05, 4.69) is 86.8 Å². The second-order valence-corrected chi connectivity index (χ2v) is 17.8. The molecule has 0 aliphatic heterocycles. The molecule has 0 N–H and O–H groups in total. The largest absolute Gasteiger partial charge is 0.756 e. The molecule has 0 fully saturated rings. The van der Waals surface area contributed by atoms with Crippen LogP contribution < -0.4 is 4.89 Å². The molecule has 59 heavy (non-hydrogen) atoms. The van der Waals surface area contributed by atoms with E-state index in [9.17, 15) is 19.0 Å². The Morgan fingerprint density at radius 1 is 0.542 bits per heavy atom. The third-order valence-corrected chi connectivity index (χ3v) is 10.4. The lowest BCUT2D eigenvalue weighted by atomic mass is 10.1. The van der Waals surface area contributed by atoms with Gasteiger partial charge in [0.1, 0.15) is 19.8 Å². The zero-order valence-electron chi connectivity index (χ0n) is 38.2. The number of nitrogens with zero attached hydrogens (tertiary/aromatic N) is 1. The number of carbonyl (C=O) groups is 2. The molecular weight excluding hydrogens is 762 g/mol. The van der Waals surface area contributed by atoms with Crippen LogP contribution >= 0.6 is 7.82 Å². The average Bonchev–Trinajstić information content (AvgIpc) is 3.19. The van der Waals surface area contributed by atoms with Gasteiger partial charge in [-0.05, 0) is 77.0 Å². The van der Waals surface area contributed by atoms with E-state index < -0.39 is 32.5 Å². The van der Waals surface area contributed by atoms with Gasteiger partial charge in [0.25, 0.3) is 7.82 Å². The lowest BCUT2D eigenvalue weighted by Gasteiger charge is -2.28. The minimum atomic E-state index is -4.64. The number of quaternary nitrogens is 1. The lowest BCUT2D eigenvalue weighted by Crippen LogP contribution is -2.37. The predicted molar refractivity (Wildman–Crippen MR) is 245 cm³/mol. The van der Waals surface area contributed by atoms with Crippen molar-refractivity contribution >= 4 is 19.8 Å². The van der Waals surface area contributed by atoms with Gasteiger partial charge in [-0.15, -0.1) is 0 Å². The van der Waals surface area contributed by atoms with Crippen LogP contribution in [0.3, 0.4) is 0 Å². The molecule has 0 aromatic carbocycles. The van der Waals surface area contributed by atoms with Crippen molar-refractivity contribution in [2.75, 3.05) is 47.5 Å². The quantitative estimate of drug-likeness (QED) is 0.0197. The summed E-state index contributed by atoms with van der Waals surface area (Å²) in [6.45, 7) is 4.04. The maximum Gasteiger partial charge on any atom is 0.306 e. The summed E-state index contributed by atoms with van der Waals surface area (Å²) in [5.74, 6) is -0.865. The van der Waals surface area contributed by atoms with Crippen LogP contribution in [0.1, 0.15) is 174 Å². The molecule has 0 rings (SSSR count). The fourth-order valence-corrected chi connectivity index (χ4v) is 6.57. The van der Waals surface area contributed by atoms with Crippen LogP contribution in [0.15, 0.2) is 72.9 Å². The molecule has 2 atom stereocenters. The summed E-state index contributed by atoms with van der Waals surface area (Å²) in [5, 5.41) is 0. The molecule has 0 aromatic heterocycles. The Balaban J connectivity index is 4.35. The Morgan fingerprint density at radius 2 is 0.966 bits per heavy atom. The number of carbonyl (C=O) groups excluding carboxylic acids is 2. The van der Waals surface area contributed by atoms with Gasteiger partial charge in [0.15, 0.2) is 6.10 Å². The fourth-order valence-electron chi connectivity index (χ4n) is 5.84. The maximum atomic E-state index is 12.7. The first-order valence-corrected chi connectivity index (χ1v) is 24.6. The van der Waals surface area contributed by atoms with Gasteiger partial charge in [-0.2, -0.15) is 0 Å². The summed E-state index contributed by atoms with van der Waals surface area (Å²) >= 11 is 0. The van der Waals surface area contributed by atoms with Crippen LogP contribution in [0.5, 0.6) is 0 Å². The van der Waals surface area contributed by atoms with E-state index in [-0.39, 0.29) is 26.1 Å². The number of allylic oxidation sites excluding steroid dienone is 12. The van der Waals surface area contributed by atoms with Crippen LogP contribution in [0.2, 0.25) is 0 Å². The highest BCUT2D eigenvalue weighted by molar-refractivity contribution is 7.45. The van der Waals surface area contributed by atoms with E-state index in [1.807, 2.05) is 21.1 Å². The molecule has 340 valence electrons. The highest BCUT2D eigenvalue weighted by Gasteiger charge is 2.21. The zero-order chi connectivity index (χ0) is 43.6. The smallest absolute Gasteiger partial charge is 0.306 e. The van der Waals surface area contributed by atoms with Gasteiger partial charge in [-0.1, -0.05) is 157 Å². The average molecular weight is 848 g/mol. The van der Waals surface area contributed by atoms with Crippen LogP contribution in [-0.4, -0.2) is 70.0 Å². The van der Waals surface area contributed by atoms with Crippen molar-refractivity contribution in [3.05, 3.63) is 72.9 Å². The van der Waals surface area contributed by atoms with Crippen molar-refractivity contribution in [3.63, 3.8) is 0 Å². The summed E-state index contributed by atoms with van der Waals surface area (Å²) in [5.41, 5.74) is 0. The van der Waals surface area contributed by atoms with Gasteiger partial charge in [-0.3, -0.25) is 14.2 Å². The lowest BCUT2D eigenvalue weighted by molar-refractivity contribution is -0.870. The maximum absolute atomic E-state index is 12.7. The highest BCUT2D eigenvalue weighted by Crippen LogP contribution is 2.38. The Hall–Kier alpha value is -2.55. The first-order valence-electron chi connectivity index (χ1n) is 23.1. The van der Waals surface area contributed by atoms with Crippen molar-refractivity contribution in [2.24, 2.45) is 0 Å². The number of hydrogen-bond donors (Lipinski definition) is 0. The second-order valence-electron chi connectivity index (χ2n) is 16.4. The van der Waals surface area contributed by atoms with Gasteiger partial charge >= 0.3 is 11.9 Å². The van der Waals surface area contributed by atoms with Crippen LogP contribution in [0.25, 0.3) is 0 Å². The van der Waals surface area contributed by atoms with E-state index in [0.29, 0.717) is 23.9 Å². The fraction of sp³-hybridized carbons (Fsp3) is 0.714. The molecular formula is C49H86NO8P. The third-order valence-electron chi connectivity index (χ3n) is 9.46. The normalized spacial score (nSPS) is 14.2. The van der Waals surface area contributed by atoms with Crippen molar-refractivity contribution in [1.82, 2.24) is 0 Å². The summed E-state index contributed by atoms with van der Waals surface area (Å²) in [7, 11) is 1.14. The molecule has 10 heteroatoms. The summed E-state index contributed by atoms with van der Waals surface area (Å²) in [6.07, 6.45) is 50.7. The van der Waals surface area contributed by atoms with Crippen LogP contribution in [-0.2, 0) is 32.7 Å². The highest BCUT2D eigenvalue weighted by atomic mass is 31.2. The molecule has 0 aromatic rings. The summed E-state index contributed by atoms with van der Waals surface area (Å²) < 4.78 is 33.9. The molecule has 0 spiro atoms. The third kappa shape index (κ3) is 44.8. The molecule has 0 heterocycles. The number of hydrogen-bond acceptors (Lipinski definition) is 8. The van der Waals surface area contributed by atoms with Crippen LogP contribution in [0, 0.1) is 0 Å². The SMILES string of the molecule is CC/C=C\C/C=C\C/C=C\C/C=C\CCCCCCCCCCC(=O)OC(COC(=O)CCCCCCC/C=C\C/C=C\CCCC)COP(=O)([O-])OCC[N+](C)(C)C. The molecule has 0 amide bonds.